The van der Waals surface area contributed by atoms with Crippen molar-refractivity contribution in [2.24, 2.45) is 12.5 Å². The normalized spacial score (nSPS) is 23.7. The van der Waals surface area contributed by atoms with E-state index in [1.165, 1.54) is 44.3 Å². The summed E-state index contributed by atoms with van der Waals surface area (Å²) < 4.78 is 7.59. The van der Waals surface area contributed by atoms with E-state index < -0.39 is 0 Å². The van der Waals surface area contributed by atoms with Gasteiger partial charge in [0, 0.05) is 32.0 Å². The lowest BCUT2D eigenvalue weighted by molar-refractivity contribution is -0.102. The molecule has 0 aromatic carbocycles. The number of rotatable bonds is 4. The highest BCUT2D eigenvalue weighted by Gasteiger charge is 2.46. The van der Waals surface area contributed by atoms with Crippen molar-refractivity contribution in [2.75, 3.05) is 19.7 Å². The molecule has 0 amide bonds. The van der Waals surface area contributed by atoms with Crippen molar-refractivity contribution >= 4 is 0 Å². The van der Waals surface area contributed by atoms with Gasteiger partial charge in [0.1, 0.15) is 0 Å². The largest absolute Gasteiger partial charge is 0.378 e. The van der Waals surface area contributed by atoms with Gasteiger partial charge in [0.2, 0.25) is 0 Å². The Kier molecular flexibility index (Phi) is 3.63. The van der Waals surface area contributed by atoms with E-state index in [4.69, 9.17) is 4.74 Å². The number of likely N-dealkylation sites (tertiary alicyclic amines) is 1. The zero-order valence-electron chi connectivity index (χ0n) is 12.1. The van der Waals surface area contributed by atoms with Crippen LogP contribution in [0.2, 0.25) is 0 Å². The molecule has 0 unspecified atom stereocenters. The van der Waals surface area contributed by atoms with Crippen molar-refractivity contribution in [3.8, 4) is 0 Å². The smallest absolute Gasteiger partial charge is 0.0585 e. The first-order valence-electron chi connectivity index (χ1n) is 7.51. The summed E-state index contributed by atoms with van der Waals surface area (Å²) in [6.45, 7) is 6.48. The van der Waals surface area contributed by atoms with Crippen molar-refractivity contribution in [3.05, 3.63) is 18.0 Å². The average Bonchev–Trinajstić information content (AvgIpc) is 2.76. The van der Waals surface area contributed by atoms with Gasteiger partial charge in [-0.3, -0.25) is 9.58 Å². The van der Waals surface area contributed by atoms with Crippen LogP contribution in [0.25, 0.3) is 0 Å². The molecule has 1 aromatic rings. The summed E-state index contributed by atoms with van der Waals surface area (Å²) in [6, 6.07) is 0. The van der Waals surface area contributed by atoms with Crippen LogP contribution in [-0.4, -0.2) is 40.5 Å². The molecule has 1 saturated carbocycles. The van der Waals surface area contributed by atoms with Gasteiger partial charge in [-0.15, -0.1) is 0 Å². The molecule has 0 bridgehead atoms. The number of aryl methyl sites for hydroxylation is 1. The van der Waals surface area contributed by atoms with Crippen molar-refractivity contribution in [3.63, 3.8) is 0 Å². The molecule has 0 N–H and O–H groups in total. The van der Waals surface area contributed by atoms with E-state index in [2.05, 4.69) is 23.1 Å². The first kappa shape index (κ1) is 13.1. The molecule has 4 nitrogen and oxygen atoms in total. The van der Waals surface area contributed by atoms with Gasteiger partial charge in [-0.1, -0.05) is 0 Å². The molecular formula is C15H25N3O. The number of ether oxygens (including phenoxy) is 1. The Morgan fingerprint density at radius 1 is 1.37 bits per heavy atom. The zero-order chi connectivity index (χ0) is 13.3. The Bertz CT molecular complexity index is 413. The molecule has 2 heterocycles. The summed E-state index contributed by atoms with van der Waals surface area (Å²) in [5.41, 5.74) is 1.95. The molecule has 1 aliphatic carbocycles. The molecule has 1 spiro atoms. The summed E-state index contributed by atoms with van der Waals surface area (Å²) in [6.07, 6.45) is 9.93. The predicted octanol–water partition coefficient (Wildman–Crippen LogP) is 2.20. The Morgan fingerprint density at radius 3 is 2.68 bits per heavy atom. The Balaban J connectivity index is 1.45. The second-order valence-electron chi connectivity index (χ2n) is 6.28. The van der Waals surface area contributed by atoms with E-state index in [1.54, 1.807) is 0 Å². The summed E-state index contributed by atoms with van der Waals surface area (Å²) in [5, 5.41) is 4.24. The zero-order valence-corrected chi connectivity index (χ0v) is 12.1. The van der Waals surface area contributed by atoms with Gasteiger partial charge in [0.25, 0.3) is 0 Å². The van der Waals surface area contributed by atoms with Gasteiger partial charge in [0.15, 0.2) is 0 Å². The maximum atomic E-state index is 5.71. The standard InChI is InChI=1S/C15H25N3O/c1-3-19-14-8-15(9-14)4-6-18(7-5-15)12-13-10-16-17(2)11-13/h10-11,14H,3-9,12H2,1-2H3. The second kappa shape index (κ2) is 5.25. The van der Waals surface area contributed by atoms with Gasteiger partial charge in [-0.25, -0.2) is 0 Å². The minimum Gasteiger partial charge on any atom is -0.378 e. The van der Waals surface area contributed by atoms with Crippen LogP contribution in [0.1, 0.15) is 38.2 Å². The van der Waals surface area contributed by atoms with Crippen LogP contribution >= 0.6 is 0 Å². The van der Waals surface area contributed by atoms with Crippen LogP contribution in [0.3, 0.4) is 0 Å². The van der Waals surface area contributed by atoms with Crippen molar-refractivity contribution < 1.29 is 4.74 Å². The van der Waals surface area contributed by atoms with E-state index in [9.17, 15) is 0 Å². The molecule has 2 aliphatic rings. The topological polar surface area (TPSA) is 30.3 Å². The highest BCUT2D eigenvalue weighted by Crippen LogP contribution is 2.50. The lowest BCUT2D eigenvalue weighted by Gasteiger charge is -2.51. The molecule has 106 valence electrons. The van der Waals surface area contributed by atoms with Crippen LogP contribution in [0, 0.1) is 5.41 Å². The van der Waals surface area contributed by atoms with Gasteiger partial charge in [0.05, 0.1) is 12.3 Å². The SMILES string of the molecule is CCOC1CC2(CCN(Cc3cnn(C)c3)CC2)C1. The fourth-order valence-corrected chi connectivity index (χ4v) is 3.67. The Labute approximate surface area is 115 Å². The molecular weight excluding hydrogens is 238 g/mol. The van der Waals surface area contributed by atoms with E-state index in [1.807, 2.05) is 17.9 Å². The fraction of sp³-hybridized carbons (Fsp3) is 0.800. The van der Waals surface area contributed by atoms with Crippen LogP contribution in [0.4, 0.5) is 0 Å². The maximum Gasteiger partial charge on any atom is 0.0585 e. The van der Waals surface area contributed by atoms with Crippen LogP contribution < -0.4 is 0 Å². The van der Waals surface area contributed by atoms with E-state index in [0.29, 0.717) is 11.5 Å². The molecule has 3 rings (SSSR count). The van der Waals surface area contributed by atoms with Crippen LogP contribution in [-0.2, 0) is 18.3 Å². The number of hydrogen-bond donors (Lipinski definition) is 0. The lowest BCUT2D eigenvalue weighted by atomic mass is 9.61. The quantitative estimate of drug-likeness (QED) is 0.834. The van der Waals surface area contributed by atoms with E-state index in [0.717, 1.165) is 13.2 Å². The molecule has 0 atom stereocenters. The molecule has 0 radical (unpaired) electrons. The van der Waals surface area contributed by atoms with Crippen molar-refractivity contribution in [1.29, 1.82) is 0 Å². The van der Waals surface area contributed by atoms with E-state index in [-0.39, 0.29) is 0 Å². The van der Waals surface area contributed by atoms with Gasteiger partial charge >= 0.3 is 0 Å². The molecule has 2 fully saturated rings. The highest BCUT2D eigenvalue weighted by molar-refractivity contribution is 5.05. The second-order valence-corrected chi connectivity index (χ2v) is 6.28. The number of nitrogens with zero attached hydrogens (tertiary/aromatic N) is 3. The summed E-state index contributed by atoms with van der Waals surface area (Å²) in [4.78, 5) is 2.57. The number of aromatic nitrogens is 2. The fourth-order valence-electron chi connectivity index (χ4n) is 3.67. The lowest BCUT2D eigenvalue weighted by Crippen LogP contribution is -2.49. The summed E-state index contributed by atoms with van der Waals surface area (Å²) >= 11 is 0. The molecule has 19 heavy (non-hydrogen) atoms. The molecule has 1 saturated heterocycles. The third-order valence-electron chi connectivity index (χ3n) is 4.80. The first-order valence-corrected chi connectivity index (χ1v) is 7.51. The number of piperidine rings is 1. The predicted molar refractivity (Wildman–Crippen MR) is 74.8 cm³/mol. The summed E-state index contributed by atoms with van der Waals surface area (Å²) in [7, 11) is 1.98. The monoisotopic (exact) mass is 263 g/mol. The van der Waals surface area contributed by atoms with Gasteiger partial charge < -0.3 is 4.74 Å². The van der Waals surface area contributed by atoms with Gasteiger partial charge in [-0.05, 0) is 51.1 Å². The summed E-state index contributed by atoms with van der Waals surface area (Å²) in [5.74, 6) is 0. The maximum absolute atomic E-state index is 5.71. The van der Waals surface area contributed by atoms with Crippen molar-refractivity contribution in [2.45, 2.75) is 45.3 Å². The molecule has 1 aromatic heterocycles. The van der Waals surface area contributed by atoms with Crippen LogP contribution in [0.5, 0.6) is 0 Å². The average molecular weight is 263 g/mol. The number of hydrogen-bond acceptors (Lipinski definition) is 3. The first-order chi connectivity index (χ1) is 9.19. The third-order valence-corrected chi connectivity index (χ3v) is 4.80. The Morgan fingerprint density at radius 2 is 2.11 bits per heavy atom. The molecule has 4 heteroatoms. The van der Waals surface area contributed by atoms with Crippen LogP contribution in [0.15, 0.2) is 12.4 Å². The van der Waals surface area contributed by atoms with Gasteiger partial charge in [-0.2, -0.15) is 5.10 Å². The molecule has 1 aliphatic heterocycles. The minimum atomic E-state index is 0.551. The third kappa shape index (κ3) is 2.84. The van der Waals surface area contributed by atoms with E-state index >= 15 is 0 Å². The highest BCUT2D eigenvalue weighted by atomic mass is 16.5. The van der Waals surface area contributed by atoms with Crippen molar-refractivity contribution in [1.82, 2.24) is 14.7 Å². The Hall–Kier alpha value is -0.870. The minimum absolute atomic E-state index is 0.551.